The standard InChI is InChI=1S/C7H8BrNO2/c8-4-1-3-7(10)11-6-2-5-9/h1,3H,2,4,6H2. The van der Waals surface area contributed by atoms with Crippen molar-refractivity contribution < 1.29 is 9.53 Å². The lowest BCUT2D eigenvalue weighted by molar-refractivity contribution is -0.137. The van der Waals surface area contributed by atoms with Gasteiger partial charge in [-0.25, -0.2) is 4.79 Å². The van der Waals surface area contributed by atoms with Crippen LogP contribution in [-0.4, -0.2) is 17.9 Å². The Hall–Kier alpha value is -0.820. The predicted molar refractivity (Wildman–Crippen MR) is 44.1 cm³/mol. The second-order valence-electron chi connectivity index (χ2n) is 1.63. The number of halogens is 1. The molecule has 0 aliphatic rings. The van der Waals surface area contributed by atoms with Crippen LogP contribution in [-0.2, 0) is 9.53 Å². The molecule has 0 heterocycles. The first kappa shape index (κ1) is 10.2. The third-order valence-electron chi connectivity index (χ3n) is 0.801. The van der Waals surface area contributed by atoms with Crippen molar-refractivity contribution in [2.45, 2.75) is 6.42 Å². The number of hydrogen-bond donors (Lipinski definition) is 0. The molecule has 0 aromatic carbocycles. The van der Waals surface area contributed by atoms with Crippen LogP contribution >= 0.6 is 15.9 Å². The molecule has 0 aliphatic carbocycles. The minimum atomic E-state index is -0.403. The van der Waals surface area contributed by atoms with Gasteiger partial charge in [0.2, 0.25) is 0 Å². The zero-order valence-corrected chi connectivity index (χ0v) is 7.50. The third-order valence-corrected chi connectivity index (χ3v) is 1.18. The number of esters is 1. The zero-order chi connectivity index (χ0) is 8.53. The van der Waals surface area contributed by atoms with E-state index in [4.69, 9.17) is 5.26 Å². The van der Waals surface area contributed by atoms with E-state index in [1.807, 2.05) is 6.07 Å². The summed E-state index contributed by atoms with van der Waals surface area (Å²) < 4.78 is 4.62. The summed E-state index contributed by atoms with van der Waals surface area (Å²) in [4.78, 5) is 10.6. The van der Waals surface area contributed by atoms with Crippen LogP contribution in [0.3, 0.4) is 0 Å². The van der Waals surface area contributed by atoms with Crippen molar-refractivity contribution in [2.75, 3.05) is 11.9 Å². The monoisotopic (exact) mass is 217 g/mol. The van der Waals surface area contributed by atoms with Gasteiger partial charge in [0.1, 0.15) is 6.61 Å². The van der Waals surface area contributed by atoms with E-state index in [0.717, 1.165) is 0 Å². The molecule has 0 aliphatic heterocycles. The molecule has 0 fully saturated rings. The third kappa shape index (κ3) is 7.07. The molecule has 0 N–H and O–H groups in total. The number of allylic oxidation sites excluding steroid dienone is 1. The lowest BCUT2D eigenvalue weighted by atomic mass is 10.5. The molecule has 0 amide bonds. The maximum absolute atomic E-state index is 10.6. The molecular weight excluding hydrogens is 210 g/mol. The lowest BCUT2D eigenvalue weighted by Crippen LogP contribution is -2.01. The van der Waals surface area contributed by atoms with E-state index in [-0.39, 0.29) is 13.0 Å². The molecule has 0 rings (SSSR count). The predicted octanol–water partition coefficient (Wildman–Crippen LogP) is 1.39. The van der Waals surface area contributed by atoms with Crippen molar-refractivity contribution in [1.82, 2.24) is 0 Å². The lowest BCUT2D eigenvalue weighted by Gasteiger charge is -1.94. The number of carbonyl (C=O) groups is 1. The van der Waals surface area contributed by atoms with Gasteiger partial charge in [0.25, 0.3) is 0 Å². The highest BCUT2D eigenvalue weighted by Crippen LogP contribution is 1.86. The number of nitriles is 1. The average Bonchev–Trinajstić information content (AvgIpc) is 2.01. The normalized spacial score (nSPS) is 9.45. The number of hydrogen-bond acceptors (Lipinski definition) is 3. The number of carbonyl (C=O) groups excluding carboxylic acids is 1. The van der Waals surface area contributed by atoms with Crippen LogP contribution < -0.4 is 0 Å². The van der Waals surface area contributed by atoms with Gasteiger partial charge in [-0.2, -0.15) is 5.26 Å². The molecule has 3 nitrogen and oxygen atoms in total. The summed E-state index contributed by atoms with van der Waals surface area (Å²) in [7, 11) is 0. The first-order valence-electron chi connectivity index (χ1n) is 3.07. The van der Waals surface area contributed by atoms with Crippen LogP contribution in [0.5, 0.6) is 0 Å². The van der Waals surface area contributed by atoms with E-state index in [1.165, 1.54) is 6.08 Å². The van der Waals surface area contributed by atoms with Gasteiger partial charge in [-0.15, -0.1) is 0 Å². The van der Waals surface area contributed by atoms with Gasteiger partial charge in [0, 0.05) is 11.4 Å². The highest BCUT2D eigenvalue weighted by atomic mass is 79.9. The Bertz CT molecular complexity index is 183. The summed E-state index contributed by atoms with van der Waals surface area (Å²) in [6, 6.07) is 1.87. The average molecular weight is 218 g/mol. The molecule has 11 heavy (non-hydrogen) atoms. The SMILES string of the molecule is N#CCCOC(=O)C=CCBr. The Morgan fingerprint density at radius 2 is 2.45 bits per heavy atom. The van der Waals surface area contributed by atoms with Gasteiger partial charge < -0.3 is 4.74 Å². The molecule has 0 bridgehead atoms. The Balaban J connectivity index is 3.39. The fourth-order valence-electron chi connectivity index (χ4n) is 0.386. The number of nitrogens with zero attached hydrogens (tertiary/aromatic N) is 1. The molecule has 60 valence electrons. The van der Waals surface area contributed by atoms with E-state index >= 15 is 0 Å². The molecular formula is C7H8BrNO2. The summed E-state index contributed by atoms with van der Waals surface area (Å²) in [6.07, 6.45) is 3.20. The summed E-state index contributed by atoms with van der Waals surface area (Å²) in [5.74, 6) is -0.403. The van der Waals surface area contributed by atoms with Gasteiger partial charge in [-0.3, -0.25) is 0 Å². The van der Waals surface area contributed by atoms with Crippen LogP contribution in [0, 0.1) is 11.3 Å². The Morgan fingerprint density at radius 3 is 3.00 bits per heavy atom. The van der Waals surface area contributed by atoms with Gasteiger partial charge in [0.05, 0.1) is 12.5 Å². The fourth-order valence-corrected chi connectivity index (χ4v) is 0.573. The molecule has 0 aromatic heterocycles. The Morgan fingerprint density at radius 1 is 1.73 bits per heavy atom. The Kier molecular flexibility index (Phi) is 6.75. The largest absolute Gasteiger partial charge is 0.461 e. The molecule has 0 unspecified atom stereocenters. The first-order chi connectivity index (χ1) is 5.31. The van der Waals surface area contributed by atoms with Gasteiger partial charge >= 0.3 is 5.97 Å². The van der Waals surface area contributed by atoms with Crippen LogP contribution in [0.25, 0.3) is 0 Å². The molecule has 0 saturated heterocycles. The summed E-state index contributed by atoms with van der Waals surface area (Å²) in [5.41, 5.74) is 0. The second kappa shape index (κ2) is 7.29. The zero-order valence-electron chi connectivity index (χ0n) is 5.92. The fraction of sp³-hybridized carbons (Fsp3) is 0.429. The molecule has 4 heteroatoms. The quantitative estimate of drug-likeness (QED) is 0.310. The van der Waals surface area contributed by atoms with E-state index in [0.29, 0.717) is 5.33 Å². The first-order valence-corrected chi connectivity index (χ1v) is 4.19. The van der Waals surface area contributed by atoms with Crippen LogP contribution in [0.1, 0.15) is 6.42 Å². The minimum absolute atomic E-state index is 0.169. The van der Waals surface area contributed by atoms with Crippen molar-refractivity contribution >= 4 is 21.9 Å². The summed E-state index contributed by atoms with van der Waals surface area (Å²) in [5, 5.41) is 8.71. The van der Waals surface area contributed by atoms with Crippen molar-refractivity contribution in [3.8, 4) is 6.07 Å². The van der Waals surface area contributed by atoms with Gasteiger partial charge in [-0.1, -0.05) is 22.0 Å². The topological polar surface area (TPSA) is 50.1 Å². The van der Waals surface area contributed by atoms with Crippen LogP contribution in [0.15, 0.2) is 12.2 Å². The molecule has 0 radical (unpaired) electrons. The van der Waals surface area contributed by atoms with Crippen molar-refractivity contribution in [2.24, 2.45) is 0 Å². The van der Waals surface area contributed by atoms with Gasteiger partial charge in [-0.05, 0) is 0 Å². The van der Waals surface area contributed by atoms with E-state index in [2.05, 4.69) is 20.7 Å². The maximum Gasteiger partial charge on any atom is 0.330 e. The summed E-state index contributed by atoms with van der Waals surface area (Å²) in [6.45, 7) is 0.169. The van der Waals surface area contributed by atoms with Gasteiger partial charge in [0.15, 0.2) is 0 Å². The molecule has 0 aromatic rings. The van der Waals surface area contributed by atoms with Crippen molar-refractivity contribution in [3.63, 3.8) is 0 Å². The van der Waals surface area contributed by atoms with E-state index < -0.39 is 5.97 Å². The molecule has 0 atom stereocenters. The van der Waals surface area contributed by atoms with Crippen LogP contribution in [0.2, 0.25) is 0 Å². The van der Waals surface area contributed by atoms with E-state index in [9.17, 15) is 4.79 Å². The molecule has 0 spiro atoms. The summed E-state index contributed by atoms with van der Waals surface area (Å²) >= 11 is 3.11. The minimum Gasteiger partial charge on any atom is -0.461 e. The number of alkyl halides is 1. The van der Waals surface area contributed by atoms with E-state index in [1.54, 1.807) is 6.08 Å². The number of ether oxygens (including phenoxy) is 1. The number of rotatable bonds is 4. The van der Waals surface area contributed by atoms with Crippen molar-refractivity contribution in [3.05, 3.63) is 12.2 Å². The highest BCUT2D eigenvalue weighted by Gasteiger charge is 1.93. The highest BCUT2D eigenvalue weighted by molar-refractivity contribution is 9.09. The van der Waals surface area contributed by atoms with Crippen LogP contribution in [0.4, 0.5) is 0 Å². The molecule has 0 saturated carbocycles. The smallest absolute Gasteiger partial charge is 0.330 e. The van der Waals surface area contributed by atoms with Crippen molar-refractivity contribution in [1.29, 1.82) is 5.26 Å². The maximum atomic E-state index is 10.6. The second-order valence-corrected chi connectivity index (χ2v) is 2.28. The Labute approximate surface area is 73.8 Å².